The van der Waals surface area contributed by atoms with Gasteiger partial charge in [0.15, 0.2) is 5.76 Å². The summed E-state index contributed by atoms with van der Waals surface area (Å²) in [5, 5.41) is 22.1. The average molecular weight is 639 g/mol. The normalized spacial score (nSPS) is 36.3. The molecule has 1 aromatic heterocycles. The zero-order chi connectivity index (χ0) is 33.6. The van der Waals surface area contributed by atoms with E-state index >= 15 is 0 Å². The van der Waals surface area contributed by atoms with E-state index in [0.717, 1.165) is 61.7 Å². The molecule has 6 atom stereocenters. The molecule has 0 unspecified atom stereocenters. The molecule has 0 spiro atoms. The summed E-state index contributed by atoms with van der Waals surface area (Å²) >= 11 is 0. The maximum atomic E-state index is 14.0. The van der Waals surface area contributed by atoms with Gasteiger partial charge in [-0.3, -0.25) is 9.59 Å². The maximum Gasteiger partial charge on any atom is 0.226 e. The minimum atomic E-state index is -0.498. The van der Waals surface area contributed by atoms with Gasteiger partial charge < -0.3 is 10.4 Å². The molecule has 3 saturated carbocycles. The highest BCUT2D eigenvalue weighted by Gasteiger charge is 2.67. The second-order valence-corrected chi connectivity index (χ2v) is 16.3. The Balaban J connectivity index is 1.11. The predicted octanol–water partition coefficient (Wildman–Crippen LogP) is 7.71. The fourth-order valence-corrected chi connectivity index (χ4v) is 10.3. The van der Waals surface area contributed by atoms with Crippen LogP contribution in [0.1, 0.15) is 97.7 Å². The molecule has 1 aromatic carbocycles. The molecule has 0 saturated heterocycles. The number of halogens is 1. The van der Waals surface area contributed by atoms with E-state index < -0.39 is 5.41 Å². The molecule has 7 rings (SSSR count). The van der Waals surface area contributed by atoms with Gasteiger partial charge in [-0.15, -0.1) is 5.10 Å². The van der Waals surface area contributed by atoms with Crippen molar-refractivity contribution in [1.82, 2.24) is 20.3 Å². The Bertz CT molecular complexity index is 1800. The smallest absolute Gasteiger partial charge is 0.226 e. The summed E-state index contributed by atoms with van der Waals surface area (Å²) in [6.07, 6.45) is 14.8. The molecule has 8 heteroatoms. The van der Waals surface area contributed by atoms with Crippen molar-refractivity contribution >= 4 is 11.7 Å². The Morgan fingerprint density at radius 1 is 1.02 bits per heavy atom. The van der Waals surface area contributed by atoms with E-state index in [4.69, 9.17) is 0 Å². The number of ketones is 1. The van der Waals surface area contributed by atoms with Crippen LogP contribution in [0.2, 0.25) is 0 Å². The predicted molar refractivity (Wildman–Crippen MR) is 178 cm³/mol. The molecular weight excluding hydrogens is 591 g/mol. The van der Waals surface area contributed by atoms with E-state index in [-0.39, 0.29) is 44.9 Å². The second-order valence-electron chi connectivity index (χ2n) is 16.3. The minimum absolute atomic E-state index is 0.0199. The number of fused-ring (bicyclic) bond motifs is 7. The summed E-state index contributed by atoms with van der Waals surface area (Å²) in [5.74, 6) is -0.279. The van der Waals surface area contributed by atoms with Gasteiger partial charge in [0.25, 0.3) is 0 Å². The SMILES string of the molecule is CC1=C(O)C(=O)C=C2C1=CC=C1[C@@]2(C)CC[C@@]2(C)[C@@H]3C[C@](C)(C(=O)NCc4cn(Cc5ccc(F)cc5)nn4)CC[C@]3(C)CC[C@]12C. The van der Waals surface area contributed by atoms with Gasteiger partial charge in [-0.2, -0.15) is 0 Å². The summed E-state index contributed by atoms with van der Waals surface area (Å²) in [6.45, 7) is 14.5. The fourth-order valence-electron chi connectivity index (χ4n) is 10.3. The van der Waals surface area contributed by atoms with Crippen LogP contribution in [-0.4, -0.2) is 31.8 Å². The number of nitrogens with zero attached hydrogens (tertiary/aromatic N) is 3. The Hall–Kier alpha value is -3.81. The van der Waals surface area contributed by atoms with Crippen molar-refractivity contribution in [1.29, 1.82) is 0 Å². The average Bonchev–Trinajstić information content (AvgIpc) is 3.49. The quantitative estimate of drug-likeness (QED) is 0.350. The molecule has 3 fully saturated rings. The summed E-state index contributed by atoms with van der Waals surface area (Å²) in [7, 11) is 0. The van der Waals surface area contributed by atoms with Crippen LogP contribution in [0.15, 0.2) is 76.7 Å². The standard InChI is InChI=1S/C39H47FN4O3/c1-24-28-11-12-31-37(4,29(28)19-30(45)33(24)46)16-18-39(6)32-20-36(3,14-13-35(32,2)15-17-38(31,39)5)34(47)41-21-27-23-44(43-42-27)22-25-7-9-26(40)10-8-25/h7-12,19,23,32,46H,13-18,20-22H2,1-6H3,(H,41,47)/t32-,35-,36-,37+,38-,39+/m1/s1. The van der Waals surface area contributed by atoms with Crippen LogP contribution < -0.4 is 5.32 Å². The molecular formula is C39H47FN4O3. The van der Waals surface area contributed by atoms with Gasteiger partial charge in [-0.25, -0.2) is 9.07 Å². The molecule has 2 aromatic rings. The van der Waals surface area contributed by atoms with Gasteiger partial charge in [0, 0.05) is 16.4 Å². The van der Waals surface area contributed by atoms with Crippen molar-refractivity contribution in [2.75, 3.05) is 0 Å². The molecule has 5 aliphatic rings. The van der Waals surface area contributed by atoms with E-state index in [0.29, 0.717) is 30.3 Å². The number of hydrogen-bond acceptors (Lipinski definition) is 5. The Morgan fingerprint density at radius 3 is 2.49 bits per heavy atom. The largest absolute Gasteiger partial charge is 0.504 e. The first-order valence-electron chi connectivity index (χ1n) is 17.1. The number of hydrogen-bond donors (Lipinski definition) is 2. The minimum Gasteiger partial charge on any atom is -0.504 e. The summed E-state index contributed by atoms with van der Waals surface area (Å²) in [4.78, 5) is 26.8. The Labute approximate surface area is 277 Å². The Morgan fingerprint density at radius 2 is 1.74 bits per heavy atom. The third kappa shape index (κ3) is 4.72. The number of aromatic nitrogens is 3. The van der Waals surface area contributed by atoms with Crippen LogP contribution in [-0.2, 0) is 22.7 Å². The molecule has 1 amide bonds. The van der Waals surface area contributed by atoms with E-state index in [2.05, 4.69) is 62.4 Å². The lowest BCUT2D eigenvalue weighted by Gasteiger charge is -2.70. The highest BCUT2D eigenvalue weighted by atomic mass is 19.1. The lowest BCUT2D eigenvalue weighted by atomic mass is 9.34. The van der Waals surface area contributed by atoms with Gasteiger partial charge >= 0.3 is 0 Å². The molecule has 5 aliphatic carbocycles. The number of aliphatic hydroxyl groups is 1. The van der Waals surface area contributed by atoms with Crippen molar-refractivity contribution in [3.8, 4) is 0 Å². The number of allylic oxidation sites excluding steroid dienone is 7. The van der Waals surface area contributed by atoms with Crippen LogP contribution in [0.25, 0.3) is 0 Å². The maximum absolute atomic E-state index is 14.0. The van der Waals surface area contributed by atoms with E-state index in [9.17, 15) is 19.1 Å². The third-order valence-electron chi connectivity index (χ3n) is 13.7. The number of aliphatic hydroxyl groups excluding tert-OH is 1. The van der Waals surface area contributed by atoms with Crippen molar-refractivity contribution in [2.45, 2.75) is 99.6 Å². The van der Waals surface area contributed by atoms with Crippen LogP contribution in [0.4, 0.5) is 4.39 Å². The molecule has 0 radical (unpaired) electrons. The number of carbonyl (C=O) groups excluding carboxylic acids is 2. The van der Waals surface area contributed by atoms with Crippen molar-refractivity contribution in [3.63, 3.8) is 0 Å². The van der Waals surface area contributed by atoms with Crippen LogP contribution in [0.3, 0.4) is 0 Å². The van der Waals surface area contributed by atoms with E-state index in [1.807, 2.05) is 13.1 Å². The van der Waals surface area contributed by atoms with Gasteiger partial charge in [0.2, 0.25) is 11.7 Å². The summed E-state index contributed by atoms with van der Waals surface area (Å²) in [6, 6.07) is 6.34. The number of nitrogens with one attached hydrogen (secondary N) is 1. The molecule has 47 heavy (non-hydrogen) atoms. The third-order valence-corrected chi connectivity index (χ3v) is 13.7. The summed E-state index contributed by atoms with van der Waals surface area (Å²) in [5.41, 5.74) is 5.00. The highest BCUT2D eigenvalue weighted by molar-refractivity contribution is 6.06. The van der Waals surface area contributed by atoms with E-state index in [1.165, 1.54) is 17.7 Å². The number of rotatable bonds is 5. The zero-order valence-electron chi connectivity index (χ0n) is 28.5. The first kappa shape index (κ1) is 31.8. The number of benzene rings is 1. The van der Waals surface area contributed by atoms with Gasteiger partial charge in [0.05, 0.1) is 19.3 Å². The van der Waals surface area contributed by atoms with Gasteiger partial charge in [-0.1, -0.05) is 69.7 Å². The van der Waals surface area contributed by atoms with Crippen LogP contribution in [0, 0.1) is 38.8 Å². The topological polar surface area (TPSA) is 97.1 Å². The molecule has 0 bridgehead atoms. The molecule has 2 N–H and O–H groups in total. The first-order chi connectivity index (χ1) is 22.1. The van der Waals surface area contributed by atoms with Crippen molar-refractivity contribution in [2.24, 2.45) is 33.0 Å². The van der Waals surface area contributed by atoms with Crippen LogP contribution >= 0.6 is 0 Å². The lowest BCUT2D eigenvalue weighted by molar-refractivity contribution is -0.169. The number of amides is 1. The van der Waals surface area contributed by atoms with Gasteiger partial charge in [-0.05, 0) is 109 Å². The molecule has 1 heterocycles. The Kier molecular flexibility index (Phi) is 7.16. The van der Waals surface area contributed by atoms with Crippen molar-refractivity contribution in [3.05, 3.63) is 93.8 Å². The highest BCUT2D eigenvalue weighted by Crippen LogP contribution is 2.75. The van der Waals surface area contributed by atoms with Gasteiger partial charge in [0.1, 0.15) is 11.5 Å². The summed E-state index contributed by atoms with van der Waals surface area (Å²) < 4.78 is 15.0. The van der Waals surface area contributed by atoms with Crippen LogP contribution in [0.5, 0.6) is 0 Å². The first-order valence-corrected chi connectivity index (χ1v) is 17.1. The second kappa shape index (κ2) is 10.6. The lowest BCUT2D eigenvalue weighted by Crippen LogP contribution is -2.62. The monoisotopic (exact) mass is 638 g/mol. The fraction of sp³-hybridized carbons (Fsp3) is 0.538. The zero-order valence-corrected chi connectivity index (χ0v) is 28.5. The molecule has 0 aliphatic heterocycles. The molecule has 7 nitrogen and oxygen atoms in total. The van der Waals surface area contributed by atoms with E-state index in [1.54, 1.807) is 22.9 Å². The van der Waals surface area contributed by atoms with Crippen molar-refractivity contribution < 1.29 is 19.1 Å². The number of carbonyl (C=O) groups is 2. The molecule has 248 valence electrons.